The van der Waals surface area contributed by atoms with Gasteiger partial charge in [0.25, 0.3) is 0 Å². The van der Waals surface area contributed by atoms with Crippen molar-refractivity contribution in [2.24, 2.45) is 5.73 Å². The van der Waals surface area contributed by atoms with Gasteiger partial charge in [-0.05, 0) is 55.7 Å². The number of carbonyl (C=O) groups excluding carboxylic acids is 1. The third-order valence-electron chi connectivity index (χ3n) is 5.61. The van der Waals surface area contributed by atoms with Crippen LogP contribution >= 0.6 is 15.9 Å². The molecule has 1 aliphatic rings. The molecule has 0 atom stereocenters. The van der Waals surface area contributed by atoms with Crippen molar-refractivity contribution in [2.75, 3.05) is 30.3 Å². The van der Waals surface area contributed by atoms with Gasteiger partial charge in [0.2, 0.25) is 10.0 Å². The zero-order chi connectivity index (χ0) is 21.8. The Morgan fingerprint density at radius 1 is 1.20 bits per heavy atom. The summed E-state index contributed by atoms with van der Waals surface area (Å²) < 4.78 is 27.5. The van der Waals surface area contributed by atoms with Crippen molar-refractivity contribution in [2.45, 2.75) is 31.6 Å². The third-order valence-corrected chi connectivity index (χ3v) is 8.21. The minimum absolute atomic E-state index is 0.149. The lowest BCUT2D eigenvalue weighted by molar-refractivity contribution is 0.223. The molecule has 0 bridgehead atoms. The highest BCUT2D eigenvalue weighted by atomic mass is 79.9. The SMILES string of the molecule is CCCS(=O)(=O)N1CCC(CN(C(N)=O)c2ccc(Br)cc2)(c2ccccn2)CC1. The summed E-state index contributed by atoms with van der Waals surface area (Å²) in [5, 5.41) is 0. The van der Waals surface area contributed by atoms with Crippen LogP contribution in [0.15, 0.2) is 53.1 Å². The van der Waals surface area contributed by atoms with Crippen molar-refractivity contribution in [3.63, 3.8) is 0 Å². The maximum Gasteiger partial charge on any atom is 0.319 e. The number of halogens is 1. The van der Waals surface area contributed by atoms with Gasteiger partial charge in [0.15, 0.2) is 0 Å². The van der Waals surface area contributed by atoms with Crippen molar-refractivity contribution in [3.05, 3.63) is 58.8 Å². The second-order valence-corrected chi connectivity index (χ2v) is 10.6. The lowest BCUT2D eigenvalue weighted by Crippen LogP contribution is -2.53. The normalized spacial score (nSPS) is 16.9. The van der Waals surface area contributed by atoms with E-state index in [9.17, 15) is 13.2 Å². The number of pyridine rings is 1. The van der Waals surface area contributed by atoms with Gasteiger partial charge in [-0.15, -0.1) is 0 Å². The number of carbonyl (C=O) groups is 1. The lowest BCUT2D eigenvalue weighted by Gasteiger charge is -2.43. The number of nitrogens with zero attached hydrogens (tertiary/aromatic N) is 3. The van der Waals surface area contributed by atoms with E-state index in [-0.39, 0.29) is 5.75 Å². The number of piperidine rings is 1. The van der Waals surface area contributed by atoms with Crippen molar-refractivity contribution >= 4 is 37.7 Å². The van der Waals surface area contributed by atoms with Crippen LogP contribution in [0.2, 0.25) is 0 Å². The smallest absolute Gasteiger partial charge is 0.319 e. The van der Waals surface area contributed by atoms with Gasteiger partial charge in [0.05, 0.1) is 5.75 Å². The summed E-state index contributed by atoms with van der Waals surface area (Å²) in [6.45, 7) is 2.99. The van der Waals surface area contributed by atoms with Crippen molar-refractivity contribution in [3.8, 4) is 0 Å². The summed E-state index contributed by atoms with van der Waals surface area (Å²) in [7, 11) is -3.27. The number of sulfonamides is 1. The van der Waals surface area contributed by atoms with Gasteiger partial charge in [0.1, 0.15) is 0 Å². The molecule has 7 nitrogen and oxygen atoms in total. The van der Waals surface area contributed by atoms with Gasteiger partial charge in [-0.3, -0.25) is 9.88 Å². The van der Waals surface area contributed by atoms with Gasteiger partial charge in [-0.25, -0.2) is 17.5 Å². The monoisotopic (exact) mass is 494 g/mol. The van der Waals surface area contributed by atoms with Crippen molar-refractivity contribution in [1.82, 2.24) is 9.29 Å². The Kier molecular flexibility index (Phi) is 7.15. The van der Waals surface area contributed by atoms with Crippen LogP contribution in [0.25, 0.3) is 0 Å². The Balaban J connectivity index is 1.92. The average Bonchev–Trinajstić information content (AvgIpc) is 2.73. The number of urea groups is 1. The Bertz CT molecular complexity index is 960. The molecule has 0 spiro atoms. The molecule has 2 aromatic rings. The molecule has 2 N–H and O–H groups in total. The van der Waals surface area contributed by atoms with Crippen LogP contribution < -0.4 is 10.6 Å². The molecule has 1 saturated heterocycles. The summed E-state index contributed by atoms with van der Waals surface area (Å²) in [6.07, 6.45) is 3.44. The molecule has 9 heteroatoms. The fourth-order valence-corrected chi connectivity index (χ4v) is 5.75. The van der Waals surface area contributed by atoms with Crippen molar-refractivity contribution < 1.29 is 13.2 Å². The molecule has 2 amide bonds. The zero-order valence-corrected chi connectivity index (χ0v) is 19.4. The van der Waals surface area contributed by atoms with Crippen LogP contribution in [0.4, 0.5) is 10.5 Å². The van der Waals surface area contributed by atoms with Crippen LogP contribution in [0.5, 0.6) is 0 Å². The molecular weight excluding hydrogens is 468 g/mol. The molecule has 30 heavy (non-hydrogen) atoms. The first-order chi connectivity index (χ1) is 14.3. The van der Waals surface area contributed by atoms with E-state index in [1.54, 1.807) is 15.4 Å². The van der Waals surface area contributed by atoms with E-state index >= 15 is 0 Å². The van der Waals surface area contributed by atoms with E-state index in [0.29, 0.717) is 44.6 Å². The average molecular weight is 495 g/mol. The van der Waals surface area contributed by atoms with E-state index in [2.05, 4.69) is 20.9 Å². The van der Waals surface area contributed by atoms with Crippen LogP contribution in [0, 0.1) is 0 Å². The van der Waals surface area contributed by atoms with E-state index in [1.165, 1.54) is 0 Å². The molecule has 1 aromatic carbocycles. The van der Waals surface area contributed by atoms with Gasteiger partial charge in [0, 0.05) is 47.1 Å². The minimum atomic E-state index is -3.27. The first-order valence-electron chi connectivity index (χ1n) is 9.99. The van der Waals surface area contributed by atoms with E-state index in [1.807, 2.05) is 49.4 Å². The van der Waals surface area contributed by atoms with E-state index in [0.717, 1.165) is 10.2 Å². The van der Waals surface area contributed by atoms with Crippen molar-refractivity contribution in [1.29, 1.82) is 0 Å². The highest BCUT2D eigenvalue weighted by Gasteiger charge is 2.42. The highest BCUT2D eigenvalue weighted by Crippen LogP contribution is 2.37. The molecule has 2 heterocycles. The quantitative estimate of drug-likeness (QED) is 0.636. The van der Waals surface area contributed by atoms with Gasteiger partial charge >= 0.3 is 6.03 Å². The summed E-state index contributed by atoms with van der Waals surface area (Å²) in [5.74, 6) is 0.149. The molecule has 0 radical (unpaired) electrons. The van der Waals surface area contributed by atoms with Gasteiger partial charge in [-0.1, -0.05) is 28.9 Å². The fraction of sp³-hybridized carbons (Fsp3) is 0.429. The summed E-state index contributed by atoms with van der Waals surface area (Å²) in [5.41, 5.74) is 6.81. The Morgan fingerprint density at radius 2 is 1.87 bits per heavy atom. The maximum atomic E-state index is 12.5. The fourth-order valence-electron chi connectivity index (χ4n) is 3.97. The predicted octanol–water partition coefficient (Wildman–Crippen LogP) is 3.50. The number of nitrogens with two attached hydrogens (primary N) is 1. The highest BCUT2D eigenvalue weighted by molar-refractivity contribution is 9.10. The standard InChI is InChI=1S/C21H27BrN4O3S/c1-2-15-30(28,29)25-13-10-21(11-14-25,19-5-3-4-12-24-19)16-26(20(23)27)18-8-6-17(22)7-9-18/h3-9,12H,2,10-11,13-16H2,1H3,(H2,23,27). The first kappa shape index (κ1) is 22.7. The van der Waals surface area contributed by atoms with Gasteiger partial charge < -0.3 is 5.73 Å². The second kappa shape index (κ2) is 9.45. The molecule has 1 fully saturated rings. The van der Waals surface area contributed by atoms with E-state index in [4.69, 9.17) is 5.73 Å². The third kappa shape index (κ3) is 5.01. The number of anilines is 1. The Labute approximate surface area is 186 Å². The second-order valence-electron chi connectivity index (χ2n) is 7.61. The minimum Gasteiger partial charge on any atom is -0.351 e. The number of benzene rings is 1. The largest absolute Gasteiger partial charge is 0.351 e. The van der Waals surface area contributed by atoms with Gasteiger partial charge in [-0.2, -0.15) is 0 Å². The molecule has 0 aliphatic carbocycles. The number of hydrogen-bond acceptors (Lipinski definition) is 4. The summed E-state index contributed by atoms with van der Waals surface area (Å²) in [4.78, 5) is 18.5. The number of primary amides is 1. The lowest BCUT2D eigenvalue weighted by atomic mass is 9.75. The molecule has 3 rings (SSSR count). The predicted molar refractivity (Wildman–Crippen MR) is 122 cm³/mol. The molecule has 1 aromatic heterocycles. The van der Waals surface area contributed by atoms with Crippen LogP contribution in [0.3, 0.4) is 0 Å². The molecule has 0 unspecified atom stereocenters. The molecule has 1 aliphatic heterocycles. The number of hydrogen-bond donors (Lipinski definition) is 1. The summed E-state index contributed by atoms with van der Waals surface area (Å²) in [6, 6.07) is 12.5. The van der Waals surface area contributed by atoms with Crippen LogP contribution in [-0.4, -0.2) is 49.1 Å². The van der Waals surface area contributed by atoms with Crippen LogP contribution in [-0.2, 0) is 15.4 Å². The Morgan fingerprint density at radius 3 is 2.40 bits per heavy atom. The molecule has 0 saturated carbocycles. The van der Waals surface area contributed by atoms with E-state index < -0.39 is 21.5 Å². The summed E-state index contributed by atoms with van der Waals surface area (Å²) >= 11 is 3.41. The number of amides is 2. The Hall–Kier alpha value is -1.97. The topological polar surface area (TPSA) is 96.6 Å². The number of rotatable bonds is 7. The zero-order valence-electron chi connectivity index (χ0n) is 17.0. The maximum absolute atomic E-state index is 12.5. The number of aromatic nitrogens is 1. The first-order valence-corrected chi connectivity index (χ1v) is 12.4. The molecule has 162 valence electrons. The molecular formula is C21H27BrN4O3S. The van der Waals surface area contributed by atoms with Crippen LogP contribution in [0.1, 0.15) is 31.9 Å².